The highest BCUT2D eigenvalue weighted by Gasteiger charge is 2.36. The van der Waals surface area contributed by atoms with Gasteiger partial charge in [0.05, 0.1) is 17.6 Å². The summed E-state index contributed by atoms with van der Waals surface area (Å²) in [5.41, 5.74) is 7.76. The van der Waals surface area contributed by atoms with Gasteiger partial charge in [-0.3, -0.25) is 4.79 Å². The fourth-order valence-corrected chi connectivity index (χ4v) is 5.46. The van der Waals surface area contributed by atoms with Crippen LogP contribution in [0, 0.1) is 20.8 Å². The molecule has 1 aliphatic heterocycles. The molecular weight excluding hydrogens is 446 g/mol. The van der Waals surface area contributed by atoms with Crippen LogP contribution in [0.2, 0.25) is 0 Å². The van der Waals surface area contributed by atoms with Gasteiger partial charge in [0.1, 0.15) is 18.2 Å². The molecule has 186 valence electrons. The largest absolute Gasteiger partial charge is 0.491 e. The number of hydrogen-bond acceptors (Lipinski definition) is 3. The molecule has 5 nitrogen and oxygen atoms in total. The lowest BCUT2D eigenvalue weighted by atomic mass is 10.0. The van der Waals surface area contributed by atoms with Crippen molar-refractivity contribution >= 4 is 22.6 Å². The molecule has 0 spiro atoms. The third-order valence-corrected chi connectivity index (χ3v) is 7.25. The smallest absolute Gasteiger partial charge is 0.227 e. The second-order valence-electron chi connectivity index (χ2n) is 10.3. The second-order valence-corrected chi connectivity index (χ2v) is 10.3. The van der Waals surface area contributed by atoms with Crippen molar-refractivity contribution in [3.63, 3.8) is 0 Å². The maximum Gasteiger partial charge on any atom is 0.227 e. The van der Waals surface area contributed by atoms with Gasteiger partial charge in [-0.15, -0.1) is 0 Å². The summed E-state index contributed by atoms with van der Waals surface area (Å²) in [4.78, 5) is 20.2. The van der Waals surface area contributed by atoms with E-state index in [2.05, 4.69) is 75.6 Å². The quantitative estimate of drug-likeness (QED) is 0.296. The summed E-state index contributed by atoms with van der Waals surface area (Å²) in [5.74, 6) is 2.51. The SMILES string of the molecule is Cc1ccc(C(C)C)c(OCCn2c(C3CC(=O)N(c4c(C)cccc4C)C3)nc3ccccc32)c1. The number of amides is 1. The number of imidazole rings is 1. The zero-order valence-electron chi connectivity index (χ0n) is 21.9. The Balaban J connectivity index is 1.43. The number of carbonyl (C=O) groups excluding carboxylic acids is 1. The van der Waals surface area contributed by atoms with Crippen molar-refractivity contribution in [1.82, 2.24) is 9.55 Å². The molecule has 0 bridgehead atoms. The van der Waals surface area contributed by atoms with Crippen molar-refractivity contribution < 1.29 is 9.53 Å². The van der Waals surface area contributed by atoms with Crippen LogP contribution < -0.4 is 9.64 Å². The number of fused-ring (bicyclic) bond motifs is 1. The van der Waals surface area contributed by atoms with Gasteiger partial charge in [0.15, 0.2) is 0 Å². The van der Waals surface area contributed by atoms with Gasteiger partial charge in [0, 0.05) is 24.6 Å². The summed E-state index contributed by atoms with van der Waals surface area (Å²) in [6.45, 7) is 12.5. The molecule has 1 fully saturated rings. The average molecular weight is 482 g/mol. The summed E-state index contributed by atoms with van der Waals surface area (Å²) in [5, 5.41) is 0. The topological polar surface area (TPSA) is 47.4 Å². The summed E-state index contributed by atoms with van der Waals surface area (Å²) in [6.07, 6.45) is 0.466. The standard InChI is InChI=1S/C31H35N3O2/c1-20(2)25-14-13-21(3)17-28(25)36-16-15-33-27-12-7-6-11-26(27)32-31(33)24-18-29(35)34(19-24)30-22(4)9-8-10-23(30)5/h6-14,17,20,24H,15-16,18-19H2,1-5H3. The van der Waals surface area contributed by atoms with E-state index in [0.29, 0.717) is 32.0 Å². The number of aromatic nitrogens is 2. The van der Waals surface area contributed by atoms with Crippen LogP contribution in [0.3, 0.4) is 0 Å². The molecular formula is C31H35N3O2. The molecule has 1 amide bonds. The summed E-state index contributed by atoms with van der Waals surface area (Å²) in [7, 11) is 0. The van der Waals surface area contributed by atoms with Crippen molar-refractivity contribution in [2.45, 2.75) is 59.4 Å². The molecule has 0 saturated carbocycles. The molecule has 0 N–H and O–H groups in total. The van der Waals surface area contributed by atoms with Gasteiger partial charge in [-0.1, -0.05) is 56.3 Å². The van der Waals surface area contributed by atoms with Crippen molar-refractivity contribution in [3.8, 4) is 5.75 Å². The molecule has 5 heteroatoms. The van der Waals surface area contributed by atoms with Crippen LogP contribution >= 0.6 is 0 Å². The Bertz CT molecular complexity index is 1400. The minimum absolute atomic E-state index is 0.0362. The average Bonchev–Trinajstić information content (AvgIpc) is 3.39. The van der Waals surface area contributed by atoms with Gasteiger partial charge in [-0.05, 0) is 67.1 Å². The van der Waals surface area contributed by atoms with Gasteiger partial charge in [0.25, 0.3) is 0 Å². The number of anilines is 1. The van der Waals surface area contributed by atoms with E-state index in [4.69, 9.17) is 9.72 Å². The minimum atomic E-state index is 0.0362. The third-order valence-electron chi connectivity index (χ3n) is 7.25. The highest BCUT2D eigenvalue weighted by Crippen LogP contribution is 2.36. The van der Waals surface area contributed by atoms with E-state index in [9.17, 15) is 4.79 Å². The van der Waals surface area contributed by atoms with Gasteiger partial charge >= 0.3 is 0 Å². The van der Waals surface area contributed by atoms with Crippen LogP contribution in [0.5, 0.6) is 5.75 Å². The number of benzene rings is 3. The number of hydrogen-bond donors (Lipinski definition) is 0. The highest BCUT2D eigenvalue weighted by molar-refractivity contribution is 5.98. The van der Waals surface area contributed by atoms with Crippen LogP contribution in [0.1, 0.15) is 60.2 Å². The molecule has 5 rings (SSSR count). The van der Waals surface area contributed by atoms with Gasteiger partial charge in [-0.25, -0.2) is 4.98 Å². The summed E-state index contributed by atoms with van der Waals surface area (Å²) in [6, 6.07) is 20.9. The van der Waals surface area contributed by atoms with Crippen LogP contribution in [0.4, 0.5) is 5.69 Å². The number of para-hydroxylation sites is 3. The normalized spacial score (nSPS) is 15.9. The van der Waals surface area contributed by atoms with E-state index in [0.717, 1.165) is 39.4 Å². The molecule has 2 heterocycles. The van der Waals surface area contributed by atoms with Crippen LogP contribution in [0.25, 0.3) is 11.0 Å². The Labute approximate surface area is 213 Å². The zero-order valence-corrected chi connectivity index (χ0v) is 21.9. The Hall–Kier alpha value is -3.60. The molecule has 36 heavy (non-hydrogen) atoms. The molecule has 1 aromatic heterocycles. The first kappa shape index (κ1) is 24.1. The summed E-state index contributed by atoms with van der Waals surface area (Å²) >= 11 is 0. The number of rotatable bonds is 7. The van der Waals surface area contributed by atoms with Crippen LogP contribution in [-0.4, -0.2) is 28.6 Å². The molecule has 3 aromatic carbocycles. The lowest BCUT2D eigenvalue weighted by molar-refractivity contribution is -0.117. The Kier molecular flexibility index (Phi) is 6.57. The van der Waals surface area contributed by atoms with Crippen LogP contribution in [-0.2, 0) is 11.3 Å². The van der Waals surface area contributed by atoms with E-state index < -0.39 is 0 Å². The maximum absolute atomic E-state index is 13.2. The first-order valence-corrected chi connectivity index (χ1v) is 12.9. The fraction of sp³-hybridized carbons (Fsp3) is 0.355. The minimum Gasteiger partial charge on any atom is -0.491 e. The number of aryl methyl sites for hydroxylation is 3. The number of ether oxygens (including phenoxy) is 1. The zero-order chi connectivity index (χ0) is 25.4. The molecule has 1 aliphatic rings. The number of carbonyl (C=O) groups is 1. The Morgan fingerprint density at radius 1 is 1.00 bits per heavy atom. The van der Waals surface area contributed by atoms with Gasteiger partial charge in [0.2, 0.25) is 5.91 Å². The van der Waals surface area contributed by atoms with Crippen molar-refractivity contribution in [1.29, 1.82) is 0 Å². The van der Waals surface area contributed by atoms with E-state index in [1.54, 1.807) is 0 Å². The Morgan fingerprint density at radius 3 is 2.50 bits per heavy atom. The maximum atomic E-state index is 13.2. The third kappa shape index (κ3) is 4.50. The lowest BCUT2D eigenvalue weighted by Gasteiger charge is -2.22. The molecule has 4 aromatic rings. The molecule has 1 saturated heterocycles. The number of nitrogens with zero attached hydrogens (tertiary/aromatic N) is 3. The van der Waals surface area contributed by atoms with E-state index in [1.807, 2.05) is 29.2 Å². The van der Waals surface area contributed by atoms with Crippen LogP contribution in [0.15, 0.2) is 60.7 Å². The predicted molar refractivity (Wildman–Crippen MR) is 146 cm³/mol. The highest BCUT2D eigenvalue weighted by atomic mass is 16.5. The lowest BCUT2D eigenvalue weighted by Crippen LogP contribution is -2.26. The first-order chi connectivity index (χ1) is 17.3. The molecule has 0 aliphatic carbocycles. The van der Waals surface area contributed by atoms with Crippen molar-refractivity contribution in [2.75, 3.05) is 18.1 Å². The molecule has 0 radical (unpaired) electrons. The van der Waals surface area contributed by atoms with E-state index >= 15 is 0 Å². The molecule has 1 unspecified atom stereocenters. The first-order valence-electron chi connectivity index (χ1n) is 12.9. The van der Waals surface area contributed by atoms with Crippen molar-refractivity contribution in [2.24, 2.45) is 0 Å². The van der Waals surface area contributed by atoms with E-state index in [1.165, 1.54) is 11.1 Å². The second kappa shape index (κ2) is 9.81. The Morgan fingerprint density at radius 2 is 1.75 bits per heavy atom. The fourth-order valence-electron chi connectivity index (χ4n) is 5.46. The predicted octanol–water partition coefficient (Wildman–Crippen LogP) is 6.68. The monoisotopic (exact) mass is 481 g/mol. The van der Waals surface area contributed by atoms with Gasteiger partial charge < -0.3 is 14.2 Å². The van der Waals surface area contributed by atoms with Crippen molar-refractivity contribution in [3.05, 3.63) is 88.7 Å². The van der Waals surface area contributed by atoms with E-state index in [-0.39, 0.29) is 11.8 Å². The molecule has 1 atom stereocenters. The van der Waals surface area contributed by atoms with Gasteiger partial charge in [-0.2, -0.15) is 0 Å². The summed E-state index contributed by atoms with van der Waals surface area (Å²) < 4.78 is 8.59.